The number of rotatable bonds is 26. The Labute approximate surface area is 358 Å². The third-order valence-corrected chi connectivity index (χ3v) is 12.5. The summed E-state index contributed by atoms with van der Waals surface area (Å²) in [6.07, 6.45) is 10.5. The Morgan fingerprint density at radius 1 is 0.933 bits per heavy atom. The number of benzene rings is 1. The van der Waals surface area contributed by atoms with Crippen molar-refractivity contribution in [2.24, 2.45) is 17.8 Å². The number of aliphatic hydroxyl groups excluding tert-OH is 1. The number of imidazole rings is 1. The van der Waals surface area contributed by atoms with Crippen LogP contribution >= 0.6 is 0 Å². The van der Waals surface area contributed by atoms with E-state index in [-0.39, 0.29) is 55.7 Å². The normalized spacial score (nSPS) is 16.3. The summed E-state index contributed by atoms with van der Waals surface area (Å²) in [6, 6.07) is 6.59. The van der Waals surface area contributed by atoms with E-state index >= 15 is 0 Å². The number of nitrogens with one attached hydrogen (secondary N) is 6. The topological polar surface area (TPSA) is 221 Å². The van der Waals surface area contributed by atoms with Crippen LogP contribution in [0, 0.1) is 17.8 Å². The molecule has 0 unspecified atom stereocenters. The average Bonchev–Trinajstić information content (AvgIpc) is 3.70. The fourth-order valence-electron chi connectivity index (χ4n) is 7.53. The molecule has 0 bridgehead atoms. The molecule has 7 N–H and O–H groups in total. The summed E-state index contributed by atoms with van der Waals surface area (Å²) in [5, 5.41) is 23.5. The van der Waals surface area contributed by atoms with Crippen LogP contribution < -0.4 is 26.0 Å². The van der Waals surface area contributed by atoms with Gasteiger partial charge < -0.3 is 36.1 Å². The molecule has 0 saturated heterocycles. The van der Waals surface area contributed by atoms with Crippen molar-refractivity contribution in [2.75, 3.05) is 18.8 Å². The molecule has 5 atom stereocenters. The molecule has 1 aromatic heterocycles. The van der Waals surface area contributed by atoms with Crippen molar-refractivity contribution < 1.29 is 37.4 Å². The number of hydrogen-bond donors (Lipinski definition) is 7. The first-order valence-electron chi connectivity index (χ1n) is 22.0. The van der Waals surface area contributed by atoms with Crippen molar-refractivity contribution in [1.29, 1.82) is 0 Å². The number of carbonyl (C=O) groups excluding carboxylic acids is 4. The second-order valence-corrected chi connectivity index (χ2v) is 19.6. The maximum absolute atomic E-state index is 14.4. The highest BCUT2D eigenvalue weighted by Gasteiger charge is 2.33. The molecule has 2 aromatic rings. The Morgan fingerprint density at radius 3 is 2.25 bits per heavy atom. The Bertz CT molecular complexity index is 1680. The van der Waals surface area contributed by atoms with E-state index in [1.807, 2.05) is 51.1 Å². The molecule has 1 aromatic carbocycles. The Kier molecular flexibility index (Phi) is 21.5. The lowest BCUT2D eigenvalue weighted by atomic mass is 9.81. The highest BCUT2D eigenvalue weighted by molar-refractivity contribution is 7.89. The molecule has 338 valence electrons. The van der Waals surface area contributed by atoms with Crippen molar-refractivity contribution in [3.63, 3.8) is 0 Å². The van der Waals surface area contributed by atoms with Crippen molar-refractivity contribution in [1.82, 2.24) is 36.0 Å². The zero-order valence-electron chi connectivity index (χ0n) is 36.8. The lowest BCUT2D eigenvalue weighted by Crippen LogP contribution is -2.57. The minimum Gasteiger partial charge on any atom is -0.444 e. The van der Waals surface area contributed by atoms with Gasteiger partial charge in [-0.1, -0.05) is 89.6 Å². The molecule has 0 radical (unpaired) electrons. The second-order valence-electron chi connectivity index (χ2n) is 17.7. The molecule has 3 rings (SSSR count). The van der Waals surface area contributed by atoms with Crippen LogP contribution in [-0.4, -0.2) is 96.0 Å². The first-order valence-corrected chi connectivity index (χ1v) is 23.6. The Hall–Kier alpha value is -4.02. The number of carbonyl (C=O) groups is 4. The van der Waals surface area contributed by atoms with E-state index in [4.69, 9.17) is 4.74 Å². The van der Waals surface area contributed by atoms with E-state index in [1.165, 1.54) is 6.33 Å². The number of unbranched alkanes of at least 4 members (excludes halogenated alkanes) is 2. The number of sulfonamides is 1. The molecule has 0 spiro atoms. The highest BCUT2D eigenvalue weighted by atomic mass is 32.2. The predicted octanol–water partition coefficient (Wildman–Crippen LogP) is 5.06. The fourth-order valence-corrected chi connectivity index (χ4v) is 8.68. The second kappa shape index (κ2) is 25.7. The zero-order valence-corrected chi connectivity index (χ0v) is 37.6. The van der Waals surface area contributed by atoms with Crippen LogP contribution in [-0.2, 0) is 42.0 Å². The first kappa shape index (κ1) is 50.3. The summed E-state index contributed by atoms with van der Waals surface area (Å²) in [5.74, 6) is -1.14. The molecule has 15 nitrogen and oxygen atoms in total. The van der Waals surface area contributed by atoms with Gasteiger partial charge in [0.2, 0.25) is 27.7 Å². The molecule has 0 aliphatic heterocycles. The lowest BCUT2D eigenvalue weighted by molar-refractivity contribution is -0.132. The summed E-state index contributed by atoms with van der Waals surface area (Å²) in [6.45, 7) is 11.8. The van der Waals surface area contributed by atoms with Gasteiger partial charge in [-0.25, -0.2) is 22.9 Å². The van der Waals surface area contributed by atoms with Crippen molar-refractivity contribution in [3.8, 4) is 0 Å². The highest BCUT2D eigenvalue weighted by Crippen LogP contribution is 2.30. The summed E-state index contributed by atoms with van der Waals surface area (Å²) in [4.78, 5) is 60.9. The molecule has 1 saturated carbocycles. The summed E-state index contributed by atoms with van der Waals surface area (Å²) < 4.78 is 33.0. The monoisotopic (exact) mass is 860 g/mol. The van der Waals surface area contributed by atoms with Gasteiger partial charge in [0.1, 0.15) is 17.7 Å². The molecule has 1 aliphatic rings. The van der Waals surface area contributed by atoms with E-state index in [1.54, 1.807) is 27.0 Å². The molecular weight excluding hydrogens is 787 g/mol. The van der Waals surface area contributed by atoms with E-state index in [0.717, 1.165) is 37.7 Å². The molecule has 16 heteroatoms. The zero-order chi connectivity index (χ0) is 44.1. The molecule has 60 heavy (non-hydrogen) atoms. The lowest BCUT2D eigenvalue weighted by Gasteiger charge is -2.34. The van der Waals surface area contributed by atoms with Gasteiger partial charge in [-0.3, -0.25) is 14.4 Å². The number of aliphatic hydroxyl groups is 1. The van der Waals surface area contributed by atoms with Gasteiger partial charge in [-0.05, 0) is 76.2 Å². The Morgan fingerprint density at radius 2 is 1.62 bits per heavy atom. The van der Waals surface area contributed by atoms with E-state index in [0.29, 0.717) is 50.3 Å². The third kappa shape index (κ3) is 20.0. The summed E-state index contributed by atoms with van der Waals surface area (Å²) in [5.41, 5.74) is 0.780. The fraction of sp³-hybridized carbons (Fsp3) is 0.705. The van der Waals surface area contributed by atoms with Crippen LogP contribution in [0.3, 0.4) is 0 Å². The molecular formula is C44H73N7O8S. The van der Waals surface area contributed by atoms with Crippen molar-refractivity contribution >= 4 is 33.8 Å². The van der Waals surface area contributed by atoms with Gasteiger partial charge in [-0.15, -0.1) is 0 Å². The van der Waals surface area contributed by atoms with Crippen LogP contribution in [0.2, 0.25) is 0 Å². The van der Waals surface area contributed by atoms with E-state index < -0.39 is 57.8 Å². The standard InChI is InChI=1S/C44H73N7O8S/c1-7-23-60(57,58)48-28-34(31(2)3)26-39(52)36(24-32-17-11-8-12-18-32)50-42(55)38(27-35-29-45-30-47-35)51-41(54)37(25-33-19-13-9-14-20-33)49-40(53)21-15-10-16-22-46-43(56)59-44(4,5)6/h9,13-14,19-20,29-32,34,36-39,48,52H,7-8,10-12,15-18,21-28H2,1-6H3,(H,45,47)(H,46,56)(H,49,53)(H,50,55)(H,51,54)/t34-,36+,37+,38+,39+/m1/s1. The van der Waals surface area contributed by atoms with E-state index in [2.05, 4.69) is 36.0 Å². The van der Waals surface area contributed by atoms with Crippen LogP contribution in [0.1, 0.15) is 130 Å². The number of aromatic amines is 1. The van der Waals surface area contributed by atoms with Crippen molar-refractivity contribution in [2.45, 2.75) is 161 Å². The van der Waals surface area contributed by atoms with Gasteiger partial charge in [0.15, 0.2) is 0 Å². The predicted molar refractivity (Wildman–Crippen MR) is 233 cm³/mol. The number of nitrogens with zero attached hydrogens (tertiary/aromatic N) is 1. The van der Waals surface area contributed by atoms with Crippen LogP contribution in [0.25, 0.3) is 0 Å². The van der Waals surface area contributed by atoms with Crippen LogP contribution in [0.5, 0.6) is 0 Å². The Balaban J connectivity index is 1.75. The SMILES string of the molecule is CCCS(=O)(=O)NC[C@@H](C[C@H](O)[C@H](CC1CCCCC1)NC(=O)[C@H](Cc1c[nH]cn1)NC(=O)[C@H](Cc1ccccc1)NC(=O)CCCCCNC(=O)OC(C)(C)C)C(C)C. The number of alkyl carbamates (subject to hydrolysis) is 1. The molecule has 1 heterocycles. The molecule has 1 fully saturated rings. The molecule has 4 amide bonds. The van der Waals surface area contributed by atoms with Crippen molar-refractivity contribution in [3.05, 3.63) is 54.1 Å². The quantitative estimate of drug-likeness (QED) is 0.0628. The third-order valence-electron chi connectivity index (χ3n) is 10.9. The largest absolute Gasteiger partial charge is 0.444 e. The molecule has 1 aliphatic carbocycles. The number of amides is 4. The van der Waals surface area contributed by atoms with Gasteiger partial charge in [0.05, 0.1) is 29.9 Å². The smallest absolute Gasteiger partial charge is 0.407 e. The van der Waals surface area contributed by atoms with Gasteiger partial charge in [-0.2, -0.15) is 0 Å². The average molecular weight is 860 g/mol. The van der Waals surface area contributed by atoms with Crippen LogP contribution in [0.15, 0.2) is 42.9 Å². The minimum absolute atomic E-state index is 0.0242. The van der Waals surface area contributed by atoms with Gasteiger partial charge >= 0.3 is 6.09 Å². The minimum atomic E-state index is -3.45. The number of aromatic nitrogens is 2. The summed E-state index contributed by atoms with van der Waals surface area (Å²) in [7, 11) is -3.45. The van der Waals surface area contributed by atoms with Gasteiger partial charge in [0, 0.05) is 38.5 Å². The number of H-pyrrole nitrogens is 1. The summed E-state index contributed by atoms with van der Waals surface area (Å²) >= 11 is 0. The number of ether oxygens (including phenoxy) is 1. The van der Waals surface area contributed by atoms with Gasteiger partial charge in [0.25, 0.3) is 0 Å². The maximum Gasteiger partial charge on any atom is 0.407 e. The number of hydrogen-bond acceptors (Lipinski definition) is 9. The van der Waals surface area contributed by atoms with E-state index in [9.17, 15) is 32.7 Å². The van der Waals surface area contributed by atoms with Crippen LogP contribution in [0.4, 0.5) is 4.79 Å². The maximum atomic E-state index is 14.4. The first-order chi connectivity index (χ1) is 28.4.